The third-order valence-electron chi connectivity index (χ3n) is 10.5. The van der Waals surface area contributed by atoms with Gasteiger partial charge >= 0.3 is 0 Å². The lowest BCUT2D eigenvalue weighted by atomic mass is 9.62. The number of rotatable bonds is 13. The van der Waals surface area contributed by atoms with E-state index in [1.807, 2.05) is 87.5 Å². The molecule has 0 aromatic heterocycles. The lowest BCUT2D eigenvalue weighted by Gasteiger charge is -2.39. The number of hydrogen-bond donors (Lipinski definition) is 1. The van der Waals surface area contributed by atoms with E-state index in [9.17, 15) is 19.5 Å². The van der Waals surface area contributed by atoms with Crippen LogP contribution in [0, 0.1) is 17.8 Å². The summed E-state index contributed by atoms with van der Waals surface area (Å²) in [6.45, 7) is 14.7. The highest BCUT2D eigenvalue weighted by molar-refractivity contribution is 6.07. The number of aliphatic hydroxyl groups excluding tert-OH is 1. The lowest BCUT2D eigenvalue weighted by Crippen LogP contribution is -2.57. The summed E-state index contributed by atoms with van der Waals surface area (Å²) in [6, 6.07) is 20.1. The number of amides is 3. The molecule has 1 N–H and O–H groups in total. The van der Waals surface area contributed by atoms with Gasteiger partial charge < -0.3 is 29.3 Å². The molecule has 0 radical (unpaired) electrons. The SMILES string of the molecule is C=CCN(C(=O)C1N(CCCO)C(=O)[C@@H]2[C@@H](C(=O)N(CC=C)c3ccc(OCC)cc3)[C@]3(C)OC12CC3C)c1ccc2ccccc2c1. The maximum Gasteiger partial charge on any atom is 0.253 e. The van der Waals surface area contributed by atoms with Gasteiger partial charge in [-0.2, -0.15) is 0 Å². The first kappa shape index (κ1) is 33.4. The smallest absolute Gasteiger partial charge is 0.253 e. The van der Waals surface area contributed by atoms with Crippen molar-refractivity contribution in [3.05, 3.63) is 92.0 Å². The van der Waals surface area contributed by atoms with E-state index in [0.717, 1.165) is 10.8 Å². The summed E-state index contributed by atoms with van der Waals surface area (Å²) < 4.78 is 12.6. The molecule has 0 saturated carbocycles. The molecule has 9 heteroatoms. The van der Waals surface area contributed by atoms with E-state index in [1.165, 1.54) is 0 Å². The highest BCUT2D eigenvalue weighted by Gasteiger charge is 2.80. The van der Waals surface area contributed by atoms with Gasteiger partial charge in [-0.3, -0.25) is 14.4 Å². The van der Waals surface area contributed by atoms with Gasteiger partial charge in [-0.15, -0.1) is 13.2 Å². The van der Waals surface area contributed by atoms with Gasteiger partial charge in [-0.1, -0.05) is 49.4 Å². The molecule has 3 aromatic rings. The summed E-state index contributed by atoms with van der Waals surface area (Å²) in [5, 5.41) is 11.8. The lowest BCUT2D eigenvalue weighted by molar-refractivity contribution is -0.146. The molecule has 3 fully saturated rings. The van der Waals surface area contributed by atoms with E-state index in [0.29, 0.717) is 30.2 Å². The Hall–Kier alpha value is -4.47. The Morgan fingerprint density at radius 1 is 1.00 bits per heavy atom. The summed E-state index contributed by atoms with van der Waals surface area (Å²) in [7, 11) is 0. The third-order valence-corrected chi connectivity index (χ3v) is 10.5. The van der Waals surface area contributed by atoms with Gasteiger partial charge in [0.1, 0.15) is 17.4 Å². The number of likely N-dealkylation sites (tertiary alicyclic amines) is 1. The van der Waals surface area contributed by atoms with Crippen LogP contribution < -0.4 is 14.5 Å². The minimum Gasteiger partial charge on any atom is -0.494 e. The monoisotopic (exact) mass is 651 g/mol. The third kappa shape index (κ3) is 5.29. The molecule has 3 aromatic carbocycles. The van der Waals surface area contributed by atoms with Crippen LogP contribution in [0.3, 0.4) is 0 Å². The van der Waals surface area contributed by atoms with Crippen molar-refractivity contribution < 1.29 is 29.0 Å². The molecular formula is C39H45N3O6. The molecule has 6 rings (SSSR count). The number of nitrogens with zero attached hydrogens (tertiary/aromatic N) is 3. The highest BCUT2D eigenvalue weighted by Crippen LogP contribution is 2.65. The van der Waals surface area contributed by atoms with Crippen LogP contribution in [0.2, 0.25) is 0 Å². The molecule has 3 unspecified atom stereocenters. The molecule has 1 spiro atoms. The second-order valence-corrected chi connectivity index (χ2v) is 13.2. The summed E-state index contributed by atoms with van der Waals surface area (Å²) >= 11 is 0. The molecule has 0 aliphatic carbocycles. The molecule has 252 valence electrons. The van der Waals surface area contributed by atoms with E-state index < -0.39 is 29.1 Å². The molecule has 3 saturated heterocycles. The maximum absolute atomic E-state index is 15.0. The van der Waals surface area contributed by atoms with Crippen LogP contribution in [-0.2, 0) is 19.1 Å². The zero-order valence-electron chi connectivity index (χ0n) is 28.0. The number of ether oxygens (including phenoxy) is 2. The Balaban J connectivity index is 1.43. The van der Waals surface area contributed by atoms with Crippen molar-refractivity contribution in [3.63, 3.8) is 0 Å². The predicted octanol–water partition coefficient (Wildman–Crippen LogP) is 5.37. The van der Waals surface area contributed by atoms with Gasteiger partial charge in [0.25, 0.3) is 5.91 Å². The number of hydrogen-bond acceptors (Lipinski definition) is 6. The average molecular weight is 652 g/mol. The largest absolute Gasteiger partial charge is 0.494 e. The first-order chi connectivity index (χ1) is 23.1. The summed E-state index contributed by atoms with van der Waals surface area (Å²) in [5.74, 6) is -1.99. The normalized spacial score (nSPS) is 27.2. The molecule has 3 aliphatic heterocycles. The van der Waals surface area contributed by atoms with E-state index in [4.69, 9.17) is 9.47 Å². The van der Waals surface area contributed by atoms with Crippen LogP contribution in [-0.4, -0.2) is 77.8 Å². The minimum absolute atomic E-state index is 0.122. The van der Waals surface area contributed by atoms with Crippen LogP contribution in [0.4, 0.5) is 11.4 Å². The second-order valence-electron chi connectivity index (χ2n) is 13.2. The fourth-order valence-corrected chi connectivity index (χ4v) is 8.33. The number of benzene rings is 3. The van der Waals surface area contributed by atoms with Gasteiger partial charge in [0, 0.05) is 37.6 Å². The van der Waals surface area contributed by atoms with Crippen molar-refractivity contribution in [3.8, 4) is 5.75 Å². The van der Waals surface area contributed by atoms with Crippen molar-refractivity contribution >= 4 is 39.9 Å². The van der Waals surface area contributed by atoms with Crippen molar-refractivity contribution in [1.82, 2.24) is 4.90 Å². The van der Waals surface area contributed by atoms with E-state index >= 15 is 0 Å². The summed E-state index contributed by atoms with van der Waals surface area (Å²) in [6.07, 6.45) is 4.07. The fraction of sp³-hybridized carbons (Fsp3) is 0.410. The van der Waals surface area contributed by atoms with Gasteiger partial charge in [-0.05, 0) is 79.8 Å². The molecule has 3 aliphatic rings. The van der Waals surface area contributed by atoms with Crippen molar-refractivity contribution in [1.29, 1.82) is 0 Å². The van der Waals surface area contributed by atoms with Gasteiger partial charge in [0.15, 0.2) is 0 Å². The molecule has 3 amide bonds. The van der Waals surface area contributed by atoms with E-state index in [-0.39, 0.29) is 56.3 Å². The number of carbonyl (C=O) groups is 3. The molecule has 48 heavy (non-hydrogen) atoms. The molecule has 9 nitrogen and oxygen atoms in total. The van der Waals surface area contributed by atoms with Crippen LogP contribution >= 0.6 is 0 Å². The van der Waals surface area contributed by atoms with E-state index in [1.54, 1.807) is 26.9 Å². The molecule has 2 bridgehead atoms. The number of anilines is 2. The Kier molecular flexibility index (Phi) is 9.20. The number of fused-ring (bicyclic) bond motifs is 2. The summed E-state index contributed by atoms with van der Waals surface area (Å²) in [5.41, 5.74) is -0.886. The first-order valence-corrected chi connectivity index (χ1v) is 16.8. The topological polar surface area (TPSA) is 99.6 Å². The highest BCUT2D eigenvalue weighted by atomic mass is 16.5. The zero-order chi connectivity index (χ0) is 34.2. The second kappa shape index (κ2) is 13.2. The van der Waals surface area contributed by atoms with Crippen LogP contribution in [0.25, 0.3) is 10.8 Å². The predicted molar refractivity (Wildman–Crippen MR) is 187 cm³/mol. The van der Waals surface area contributed by atoms with Crippen molar-refractivity contribution in [2.45, 2.75) is 50.9 Å². The Bertz CT molecular complexity index is 1720. The summed E-state index contributed by atoms with van der Waals surface area (Å²) in [4.78, 5) is 49.3. The first-order valence-electron chi connectivity index (χ1n) is 16.8. The maximum atomic E-state index is 15.0. The standard InChI is InChI=1S/C39H45N3O6/c1-6-20-40(29-16-18-31(19-17-29)47-8-3)35(44)32-33-36(45)42(22-11-23-43)34(39(33)25-26(4)38(32,5)48-39)37(46)41(21-7-2)30-15-14-27-12-9-10-13-28(27)24-30/h6-7,9-10,12-19,24,26,32-34,43H,1-2,8,11,20-23,25H2,3-5H3/t26?,32-,33-,34?,38+,39?/m0/s1. The Morgan fingerprint density at radius 3 is 2.29 bits per heavy atom. The van der Waals surface area contributed by atoms with Gasteiger partial charge in [-0.25, -0.2) is 0 Å². The Morgan fingerprint density at radius 2 is 1.65 bits per heavy atom. The number of aliphatic hydroxyl groups is 1. The van der Waals surface area contributed by atoms with Crippen LogP contribution in [0.1, 0.15) is 33.6 Å². The number of carbonyl (C=O) groups excluding carboxylic acids is 3. The van der Waals surface area contributed by atoms with Gasteiger partial charge in [0.2, 0.25) is 11.8 Å². The molecular weight excluding hydrogens is 606 g/mol. The minimum atomic E-state index is -1.23. The van der Waals surface area contributed by atoms with Crippen molar-refractivity contribution in [2.24, 2.45) is 17.8 Å². The fourth-order valence-electron chi connectivity index (χ4n) is 8.33. The average Bonchev–Trinajstić information content (AvgIpc) is 3.60. The van der Waals surface area contributed by atoms with Crippen LogP contribution in [0.15, 0.2) is 92.0 Å². The zero-order valence-corrected chi connectivity index (χ0v) is 28.0. The Labute approximate surface area is 282 Å². The van der Waals surface area contributed by atoms with Crippen LogP contribution in [0.5, 0.6) is 5.75 Å². The van der Waals surface area contributed by atoms with Gasteiger partial charge in [0.05, 0.1) is 24.0 Å². The molecule has 6 atom stereocenters. The van der Waals surface area contributed by atoms with E-state index in [2.05, 4.69) is 13.2 Å². The van der Waals surface area contributed by atoms with Crippen molar-refractivity contribution in [2.75, 3.05) is 42.6 Å². The quantitative estimate of drug-likeness (QED) is 0.250. The molecule has 3 heterocycles.